The molecule has 0 bridgehead atoms. The van der Waals surface area contributed by atoms with Gasteiger partial charge in [0.25, 0.3) is 0 Å². The summed E-state index contributed by atoms with van der Waals surface area (Å²) in [6.45, 7) is 0.699. The second-order valence-corrected chi connectivity index (χ2v) is 8.56. The van der Waals surface area contributed by atoms with Crippen LogP contribution in [0.4, 0.5) is 0 Å². The van der Waals surface area contributed by atoms with Crippen molar-refractivity contribution in [1.82, 2.24) is 5.06 Å². The van der Waals surface area contributed by atoms with E-state index < -0.39 is 15.1 Å². The molecule has 0 spiro atoms. The van der Waals surface area contributed by atoms with E-state index in [1.54, 1.807) is 19.2 Å². The Morgan fingerprint density at radius 3 is 2.20 bits per heavy atom. The molecule has 2 aromatic carbocycles. The normalized spacial score (nSPS) is 19.4. The van der Waals surface area contributed by atoms with Crippen LogP contribution in [0, 0.1) is 0 Å². The third-order valence-corrected chi connectivity index (χ3v) is 6.84. The lowest BCUT2D eigenvalue weighted by atomic mass is 10.1. The third kappa shape index (κ3) is 4.03. The van der Waals surface area contributed by atoms with Gasteiger partial charge in [0.2, 0.25) is 0 Å². The molecule has 2 aromatic rings. The number of methoxy groups -OCH3 is 1. The van der Waals surface area contributed by atoms with Crippen LogP contribution in [0.2, 0.25) is 0 Å². The average molecular weight is 361 g/mol. The topological polar surface area (TPSA) is 66.8 Å². The van der Waals surface area contributed by atoms with Crippen LogP contribution in [0.1, 0.15) is 19.3 Å². The zero-order valence-electron chi connectivity index (χ0n) is 14.3. The van der Waals surface area contributed by atoms with Crippen molar-refractivity contribution in [2.75, 3.05) is 20.2 Å². The number of hydrogen-bond donors (Lipinski definition) is 1. The summed E-state index contributed by atoms with van der Waals surface area (Å²) in [6.07, 6.45) is 2.21. The molecule has 1 atom stereocenters. The lowest BCUT2D eigenvalue weighted by molar-refractivity contribution is -0.0866. The quantitative estimate of drug-likeness (QED) is 0.904. The Bertz CT molecular complexity index is 800. The van der Waals surface area contributed by atoms with Crippen molar-refractivity contribution in [3.8, 4) is 16.9 Å². The molecule has 0 aliphatic carbocycles. The van der Waals surface area contributed by atoms with Gasteiger partial charge in [-0.2, -0.15) is 5.06 Å². The lowest BCUT2D eigenvalue weighted by Gasteiger charge is -2.19. The van der Waals surface area contributed by atoms with Gasteiger partial charge in [0.05, 0.1) is 17.3 Å². The minimum absolute atomic E-state index is 0.169. The van der Waals surface area contributed by atoms with Crippen molar-refractivity contribution < 1.29 is 18.4 Å². The highest BCUT2D eigenvalue weighted by molar-refractivity contribution is 7.92. The first kappa shape index (κ1) is 17.9. The molecule has 1 aliphatic rings. The molecule has 1 fully saturated rings. The van der Waals surface area contributed by atoms with Crippen LogP contribution < -0.4 is 4.74 Å². The molecule has 0 saturated carbocycles. The van der Waals surface area contributed by atoms with Crippen LogP contribution >= 0.6 is 0 Å². The summed E-state index contributed by atoms with van der Waals surface area (Å²) in [5, 5.41) is 10.3. The number of sulfone groups is 1. The Labute approximate surface area is 148 Å². The number of nitrogens with zero attached hydrogens (tertiary/aromatic N) is 1. The molecule has 25 heavy (non-hydrogen) atoms. The van der Waals surface area contributed by atoms with Crippen LogP contribution in [0.5, 0.6) is 5.75 Å². The minimum atomic E-state index is -3.45. The first-order valence-electron chi connectivity index (χ1n) is 8.43. The largest absolute Gasteiger partial charge is 0.497 e. The fourth-order valence-electron chi connectivity index (χ4n) is 3.15. The predicted molar refractivity (Wildman–Crippen MR) is 96.6 cm³/mol. The molecule has 1 unspecified atom stereocenters. The molecule has 1 heterocycles. The third-order valence-electron chi connectivity index (χ3n) is 4.65. The van der Waals surface area contributed by atoms with Crippen LogP contribution in [-0.4, -0.2) is 44.1 Å². The Balaban J connectivity index is 1.82. The van der Waals surface area contributed by atoms with Gasteiger partial charge in [0.15, 0.2) is 9.84 Å². The molecule has 134 valence electrons. The van der Waals surface area contributed by atoms with Crippen LogP contribution in [0.3, 0.4) is 0 Å². The molecular formula is C19H23NO4S. The molecule has 0 radical (unpaired) electrons. The van der Waals surface area contributed by atoms with Crippen LogP contribution in [-0.2, 0) is 9.84 Å². The van der Waals surface area contributed by atoms with Crippen molar-refractivity contribution in [1.29, 1.82) is 0 Å². The fraction of sp³-hybridized carbons (Fsp3) is 0.368. The SMILES string of the molecule is COc1ccc(-c2ccc(S(=O)(=O)C3CCCCN(O)C3)cc2)cc1. The zero-order valence-corrected chi connectivity index (χ0v) is 15.1. The van der Waals surface area contributed by atoms with Gasteiger partial charge in [-0.05, 0) is 48.2 Å². The Kier molecular flexibility index (Phi) is 5.42. The van der Waals surface area contributed by atoms with Gasteiger partial charge in [-0.25, -0.2) is 8.42 Å². The number of ether oxygens (including phenoxy) is 1. The molecule has 6 heteroatoms. The Morgan fingerprint density at radius 1 is 1.00 bits per heavy atom. The summed E-state index contributed by atoms with van der Waals surface area (Å²) in [5.41, 5.74) is 1.95. The standard InChI is InChI=1S/C19H23NO4S/c1-24-17-9-5-15(6-10-17)16-7-11-18(12-8-16)25(22,23)19-4-2-3-13-20(21)14-19/h5-12,19,21H,2-4,13-14H2,1H3. The molecule has 3 rings (SSSR count). The summed E-state index contributed by atoms with van der Waals surface area (Å²) in [5.74, 6) is 0.782. The van der Waals surface area contributed by atoms with Crippen molar-refractivity contribution in [3.63, 3.8) is 0 Å². The Hall–Kier alpha value is -1.89. The summed E-state index contributed by atoms with van der Waals surface area (Å²) in [7, 11) is -1.83. The first-order valence-corrected chi connectivity index (χ1v) is 9.97. The number of hydroxylamine groups is 2. The first-order chi connectivity index (χ1) is 12.0. The number of benzene rings is 2. The summed E-state index contributed by atoms with van der Waals surface area (Å²) in [4.78, 5) is 0.310. The maximum absolute atomic E-state index is 12.9. The summed E-state index contributed by atoms with van der Waals surface area (Å²) < 4.78 is 30.9. The highest BCUT2D eigenvalue weighted by atomic mass is 32.2. The van der Waals surface area contributed by atoms with E-state index in [0.29, 0.717) is 17.9 Å². The maximum Gasteiger partial charge on any atom is 0.182 e. The van der Waals surface area contributed by atoms with Gasteiger partial charge in [0, 0.05) is 13.1 Å². The van der Waals surface area contributed by atoms with Gasteiger partial charge in [-0.1, -0.05) is 30.7 Å². The molecule has 0 amide bonds. The highest BCUT2D eigenvalue weighted by Crippen LogP contribution is 2.27. The maximum atomic E-state index is 12.9. The van der Waals surface area contributed by atoms with Gasteiger partial charge in [0.1, 0.15) is 5.75 Å². The Morgan fingerprint density at radius 2 is 1.60 bits per heavy atom. The van der Waals surface area contributed by atoms with Gasteiger partial charge < -0.3 is 9.94 Å². The van der Waals surface area contributed by atoms with Gasteiger partial charge in [-0.3, -0.25) is 0 Å². The van der Waals surface area contributed by atoms with E-state index >= 15 is 0 Å². The smallest absolute Gasteiger partial charge is 0.182 e. The van der Waals surface area contributed by atoms with Crippen molar-refractivity contribution in [2.24, 2.45) is 0 Å². The second-order valence-electron chi connectivity index (χ2n) is 6.33. The fourth-order valence-corrected chi connectivity index (χ4v) is 4.90. The van der Waals surface area contributed by atoms with E-state index in [0.717, 1.165) is 34.8 Å². The monoisotopic (exact) mass is 361 g/mol. The van der Waals surface area contributed by atoms with Gasteiger partial charge in [-0.15, -0.1) is 0 Å². The molecule has 1 N–H and O–H groups in total. The van der Waals surface area contributed by atoms with Crippen molar-refractivity contribution >= 4 is 9.84 Å². The molecular weight excluding hydrogens is 338 g/mol. The lowest BCUT2D eigenvalue weighted by Crippen LogP contribution is -2.33. The zero-order chi connectivity index (χ0) is 17.9. The van der Waals surface area contributed by atoms with Crippen LogP contribution in [0.15, 0.2) is 53.4 Å². The van der Waals surface area contributed by atoms with Crippen LogP contribution in [0.25, 0.3) is 11.1 Å². The van der Waals surface area contributed by atoms with E-state index in [-0.39, 0.29) is 6.54 Å². The highest BCUT2D eigenvalue weighted by Gasteiger charge is 2.30. The molecule has 1 saturated heterocycles. The van der Waals surface area contributed by atoms with E-state index in [2.05, 4.69) is 0 Å². The summed E-state index contributed by atoms with van der Waals surface area (Å²) in [6, 6.07) is 14.6. The second kappa shape index (κ2) is 7.56. The number of rotatable bonds is 4. The minimum Gasteiger partial charge on any atom is -0.497 e. The molecule has 0 aromatic heterocycles. The average Bonchev–Trinajstić information content (AvgIpc) is 2.87. The van der Waals surface area contributed by atoms with Crippen molar-refractivity contribution in [3.05, 3.63) is 48.5 Å². The van der Waals surface area contributed by atoms with E-state index in [1.165, 1.54) is 0 Å². The number of hydrogen-bond acceptors (Lipinski definition) is 5. The predicted octanol–water partition coefficient (Wildman–Crippen LogP) is 3.38. The molecule has 5 nitrogen and oxygen atoms in total. The van der Waals surface area contributed by atoms with E-state index in [4.69, 9.17) is 4.74 Å². The van der Waals surface area contributed by atoms with Gasteiger partial charge >= 0.3 is 0 Å². The van der Waals surface area contributed by atoms with E-state index in [1.807, 2.05) is 36.4 Å². The van der Waals surface area contributed by atoms with Crippen molar-refractivity contribution in [2.45, 2.75) is 29.4 Å². The molecule has 1 aliphatic heterocycles. The van der Waals surface area contributed by atoms with E-state index in [9.17, 15) is 13.6 Å². The summed E-state index contributed by atoms with van der Waals surface area (Å²) >= 11 is 0.